The number of hydrogen-bond donors (Lipinski definition) is 0. The minimum atomic E-state index is -4.27. The molecular formula is C19H30O4S2. The van der Waals surface area contributed by atoms with Crippen molar-refractivity contribution in [3.8, 4) is 0 Å². The Hall–Kier alpha value is -0.850. The lowest BCUT2D eigenvalue weighted by atomic mass is 9.87. The van der Waals surface area contributed by atoms with Crippen molar-refractivity contribution in [2.75, 3.05) is 17.3 Å². The van der Waals surface area contributed by atoms with Gasteiger partial charge in [-0.1, -0.05) is 37.0 Å². The van der Waals surface area contributed by atoms with E-state index in [0.29, 0.717) is 22.6 Å². The van der Waals surface area contributed by atoms with Gasteiger partial charge in [-0.15, -0.1) is 0 Å². The molecule has 0 aliphatic heterocycles. The predicted molar refractivity (Wildman–Crippen MR) is 104 cm³/mol. The van der Waals surface area contributed by atoms with Crippen molar-refractivity contribution in [1.29, 1.82) is 0 Å². The molecular weight excluding hydrogens is 356 g/mol. The summed E-state index contributed by atoms with van der Waals surface area (Å²) in [6, 6.07) is 5.78. The Morgan fingerprint density at radius 2 is 1.60 bits per heavy atom. The van der Waals surface area contributed by atoms with Gasteiger partial charge in [0, 0.05) is 5.92 Å². The Morgan fingerprint density at radius 1 is 1.08 bits per heavy atom. The molecule has 1 aromatic carbocycles. The van der Waals surface area contributed by atoms with Gasteiger partial charge in [-0.25, -0.2) is 8.42 Å². The largest absolute Gasteiger partial charge is 0.744 e. The number of ketones is 1. The first-order valence-electron chi connectivity index (χ1n) is 8.97. The summed E-state index contributed by atoms with van der Waals surface area (Å²) in [4.78, 5) is 11.8. The van der Waals surface area contributed by atoms with Crippen LogP contribution in [0.4, 0.5) is 0 Å². The van der Waals surface area contributed by atoms with Crippen molar-refractivity contribution in [3.63, 3.8) is 0 Å². The summed E-state index contributed by atoms with van der Waals surface area (Å²) in [7, 11) is -3.89. The third kappa shape index (κ3) is 8.38. The Kier molecular flexibility index (Phi) is 9.75. The quantitative estimate of drug-likeness (QED) is 0.552. The van der Waals surface area contributed by atoms with E-state index in [-0.39, 0.29) is 4.90 Å². The summed E-state index contributed by atoms with van der Waals surface area (Å²) in [6.07, 6.45) is 6.24. The summed E-state index contributed by atoms with van der Waals surface area (Å²) >= 11 is 0. The fourth-order valence-corrected chi connectivity index (χ4v) is 4.78. The predicted octanol–water partition coefficient (Wildman–Crippen LogP) is 3.69. The number of benzene rings is 1. The Labute approximate surface area is 155 Å². The molecule has 0 amide bonds. The van der Waals surface area contributed by atoms with Crippen molar-refractivity contribution in [2.45, 2.75) is 57.8 Å². The molecule has 1 aliphatic rings. The molecule has 1 saturated carbocycles. The molecule has 25 heavy (non-hydrogen) atoms. The van der Waals surface area contributed by atoms with E-state index in [2.05, 4.69) is 13.8 Å². The second kappa shape index (κ2) is 11.0. The SMILES string of the molecule is CC[S+](CC)CC(=O)C1CCCCC1.Cc1ccc(S(=O)(=O)[O-])cc1. The maximum atomic E-state index is 11.9. The molecule has 142 valence electrons. The molecule has 0 saturated heterocycles. The maximum absolute atomic E-state index is 11.9. The van der Waals surface area contributed by atoms with E-state index in [1.165, 1.54) is 55.7 Å². The number of aryl methyl sites for hydroxylation is 1. The lowest BCUT2D eigenvalue weighted by Gasteiger charge is -2.19. The number of carbonyl (C=O) groups is 1. The van der Waals surface area contributed by atoms with E-state index in [1.807, 2.05) is 6.92 Å². The molecule has 1 aromatic rings. The van der Waals surface area contributed by atoms with Gasteiger partial charge < -0.3 is 4.55 Å². The van der Waals surface area contributed by atoms with Crippen LogP contribution in [-0.2, 0) is 25.8 Å². The summed E-state index contributed by atoms with van der Waals surface area (Å²) in [5.41, 5.74) is 0.928. The highest BCUT2D eigenvalue weighted by molar-refractivity contribution is 7.97. The molecule has 1 fully saturated rings. The van der Waals surface area contributed by atoms with Crippen LogP contribution in [0.25, 0.3) is 0 Å². The van der Waals surface area contributed by atoms with Gasteiger partial charge in [0.05, 0.1) is 4.90 Å². The normalized spacial score (nSPS) is 15.6. The van der Waals surface area contributed by atoms with Gasteiger partial charge in [0.25, 0.3) is 0 Å². The molecule has 0 bridgehead atoms. The van der Waals surface area contributed by atoms with E-state index < -0.39 is 10.1 Å². The number of Topliss-reactive ketones (excluding diaryl/α,β-unsaturated/α-hetero) is 1. The van der Waals surface area contributed by atoms with Gasteiger partial charge in [-0.3, -0.25) is 4.79 Å². The molecule has 0 spiro atoms. The minimum absolute atomic E-state index is 0.178. The molecule has 4 nitrogen and oxygen atoms in total. The standard InChI is InChI=1S/C12H23OS.C7H8O3S/c1-3-14(4-2)10-12(13)11-8-6-5-7-9-11;1-6-2-4-7(5-3-6)11(8,9)10/h11H,3-10H2,1-2H3;2-5H,1H3,(H,8,9,10)/q+1;/p-1. The average molecular weight is 387 g/mol. The van der Waals surface area contributed by atoms with Crippen LogP contribution in [-0.4, -0.2) is 36.0 Å². The summed E-state index contributed by atoms with van der Waals surface area (Å²) < 4.78 is 31.2. The van der Waals surface area contributed by atoms with Crippen LogP contribution in [0.3, 0.4) is 0 Å². The molecule has 0 radical (unpaired) electrons. The van der Waals surface area contributed by atoms with Crippen LogP contribution in [0.5, 0.6) is 0 Å². The maximum Gasteiger partial charge on any atom is 0.184 e. The van der Waals surface area contributed by atoms with Crippen LogP contribution in [0, 0.1) is 12.8 Å². The van der Waals surface area contributed by atoms with Gasteiger partial charge in [0.2, 0.25) is 0 Å². The van der Waals surface area contributed by atoms with E-state index in [9.17, 15) is 17.8 Å². The molecule has 0 unspecified atom stereocenters. The molecule has 0 aromatic heterocycles. The van der Waals surface area contributed by atoms with Gasteiger partial charge in [-0.05, 0) is 56.6 Å². The van der Waals surface area contributed by atoms with Crippen molar-refractivity contribution < 1.29 is 17.8 Å². The zero-order chi connectivity index (χ0) is 18.9. The van der Waals surface area contributed by atoms with Gasteiger partial charge in [-0.2, -0.15) is 0 Å². The van der Waals surface area contributed by atoms with Gasteiger partial charge in [0.15, 0.2) is 11.5 Å². The lowest BCUT2D eigenvalue weighted by Crippen LogP contribution is -2.27. The van der Waals surface area contributed by atoms with E-state index in [1.54, 1.807) is 12.1 Å². The third-order valence-electron chi connectivity index (χ3n) is 4.53. The first kappa shape index (κ1) is 22.2. The van der Waals surface area contributed by atoms with Crippen LogP contribution < -0.4 is 0 Å². The topological polar surface area (TPSA) is 74.3 Å². The average Bonchev–Trinajstić information content (AvgIpc) is 2.60. The second-order valence-corrected chi connectivity index (χ2v) is 10.5. The molecule has 0 heterocycles. The zero-order valence-electron chi connectivity index (χ0n) is 15.5. The van der Waals surface area contributed by atoms with Crippen molar-refractivity contribution in [3.05, 3.63) is 29.8 Å². The monoisotopic (exact) mass is 386 g/mol. The van der Waals surface area contributed by atoms with Crippen molar-refractivity contribution >= 4 is 26.8 Å². The summed E-state index contributed by atoms with van der Waals surface area (Å²) in [5.74, 6) is 4.25. The van der Waals surface area contributed by atoms with E-state index in [4.69, 9.17) is 0 Å². The zero-order valence-corrected chi connectivity index (χ0v) is 17.1. The summed E-state index contributed by atoms with van der Waals surface area (Å²) in [5, 5.41) is 0. The highest BCUT2D eigenvalue weighted by atomic mass is 32.2. The van der Waals surface area contributed by atoms with Crippen molar-refractivity contribution in [2.24, 2.45) is 5.92 Å². The van der Waals surface area contributed by atoms with Crippen LogP contribution in [0.1, 0.15) is 51.5 Å². The summed E-state index contributed by atoms with van der Waals surface area (Å²) in [6.45, 7) is 6.24. The number of hydrogen-bond acceptors (Lipinski definition) is 4. The van der Waals surface area contributed by atoms with Crippen LogP contribution >= 0.6 is 0 Å². The highest BCUT2D eigenvalue weighted by Gasteiger charge is 2.26. The van der Waals surface area contributed by atoms with E-state index in [0.717, 1.165) is 11.3 Å². The molecule has 0 N–H and O–H groups in total. The molecule has 0 atom stereocenters. The van der Waals surface area contributed by atoms with Gasteiger partial charge in [0.1, 0.15) is 21.6 Å². The minimum Gasteiger partial charge on any atom is -0.744 e. The Balaban J connectivity index is 0.000000257. The van der Waals surface area contributed by atoms with Crippen LogP contribution in [0.2, 0.25) is 0 Å². The third-order valence-corrected chi connectivity index (χ3v) is 7.71. The first-order chi connectivity index (χ1) is 11.8. The Bertz CT molecular complexity index is 613. The highest BCUT2D eigenvalue weighted by Crippen LogP contribution is 2.24. The number of rotatable bonds is 6. The number of carbonyl (C=O) groups excluding carboxylic acids is 1. The van der Waals surface area contributed by atoms with Gasteiger partial charge >= 0.3 is 0 Å². The molecule has 1 aliphatic carbocycles. The Morgan fingerprint density at radius 3 is 2.04 bits per heavy atom. The van der Waals surface area contributed by atoms with Crippen molar-refractivity contribution in [1.82, 2.24) is 0 Å². The molecule has 2 rings (SSSR count). The fraction of sp³-hybridized carbons (Fsp3) is 0.632. The first-order valence-corrected chi connectivity index (χ1v) is 12.1. The van der Waals surface area contributed by atoms with E-state index >= 15 is 0 Å². The fourth-order valence-electron chi connectivity index (χ4n) is 2.86. The smallest absolute Gasteiger partial charge is 0.184 e. The molecule has 6 heteroatoms. The second-order valence-electron chi connectivity index (χ2n) is 6.40. The lowest BCUT2D eigenvalue weighted by molar-refractivity contribution is -0.121. The van der Waals surface area contributed by atoms with Crippen LogP contribution in [0.15, 0.2) is 29.2 Å².